The lowest BCUT2D eigenvalue weighted by Gasteiger charge is -2.30. The first kappa shape index (κ1) is 19.2. The Labute approximate surface area is 167 Å². The third-order valence-electron chi connectivity index (χ3n) is 5.26. The maximum Gasteiger partial charge on any atom is 0.349 e. The number of hydrogen-bond acceptors (Lipinski definition) is 7. The number of carbonyl (C=O) groups excluding carboxylic acids is 1. The quantitative estimate of drug-likeness (QED) is 0.623. The highest BCUT2D eigenvalue weighted by Gasteiger charge is 2.29. The number of hydrogen-bond donors (Lipinski definition) is 0. The number of piperidine rings is 1. The van der Waals surface area contributed by atoms with E-state index in [1.807, 2.05) is 13.8 Å². The molecule has 2 aromatic heterocycles. The van der Waals surface area contributed by atoms with Crippen molar-refractivity contribution in [1.82, 2.24) is 15.1 Å². The van der Waals surface area contributed by atoms with Crippen molar-refractivity contribution < 1.29 is 18.4 Å². The smallest absolute Gasteiger partial charge is 0.349 e. The van der Waals surface area contributed by atoms with Gasteiger partial charge in [0.2, 0.25) is 11.8 Å². The van der Waals surface area contributed by atoms with Gasteiger partial charge >= 0.3 is 5.63 Å². The van der Waals surface area contributed by atoms with Crippen LogP contribution >= 0.6 is 0 Å². The normalized spacial score (nSPS) is 15.2. The lowest BCUT2D eigenvalue weighted by molar-refractivity contribution is 0.0701. The molecular formula is C21H23N3O5. The van der Waals surface area contributed by atoms with Gasteiger partial charge in [-0.3, -0.25) is 4.79 Å². The number of para-hydroxylation sites is 1. The van der Waals surface area contributed by atoms with Gasteiger partial charge in [0.15, 0.2) is 11.3 Å². The fourth-order valence-corrected chi connectivity index (χ4v) is 3.57. The molecule has 8 nitrogen and oxygen atoms in total. The molecule has 8 heteroatoms. The molecule has 152 valence electrons. The van der Waals surface area contributed by atoms with Crippen LogP contribution in [0.15, 0.2) is 37.9 Å². The molecule has 1 aromatic carbocycles. The van der Waals surface area contributed by atoms with Gasteiger partial charge in [-0.2, -0.15) is 0 Å². The van der Waals surface area contributed by atoms with E-state index in [0.717, 1.165) is 0 Å². The number of methoxy groups -OCH3 is 1. The number of fused-ring (bicyclic) bond motifs is 1. The van der Waals surface area contributed by atoms with Gasteiger partial charge in [0.25, 0.3) is 5.91 Å². The Bertz CT molecular complexity index is 1090. The maximum atomic E-state index is 12.9. The average molecular weight is 397 g/mol. The number of benzene rings is 1. The summed E-state index contributed by atoms with van der Waals surface area (Å²) in [6.07, 6.45) is 1.41. The van der Waals surface area contributed by atoms with Gasteiger partial charge in [0.1, 0.15) is 5.56 Å². The van der Waals surface area contributed by atoms with E-state index in [4.69, 9.17) is 13.6 Å². The van der Waals surface area contributed by atoms with Crippen LogP contribution in [0.2, 0.25) is 0 Å². The molecule has 0 N–H and O–H groups in total. The molecule has 1 fully saturated rings. The zero-order valence-electron chi connectivity index (χ0n) is 16.7. The molecule has 4 rings (SSSR count). The number of ether oxygens (including phenoxy) is 1. The molecule has 1 aliphatic heterocycles. The van der Waals surface area contributed by atoms with Crippen LogP contribution in [0.3, 0.4) is 0 Å². The van der Waals surface area contributed by atoms with Crippen LogP contribution in [-0.2, 0) is 0 Å². The van der Waals surface area contributed by atoms with Gasteiger partial charge < -0.3 is 18.5 Å². The van der Waals surface area contributed by atoms with E-state index in [-0.39, 0.29) is 23.3 Å². The number of likely N-dealkylation sites (tertiary alicyclic amines) is 1. The van der Waals surface area contributed by atoms with Crippen LogP contribution in [0.4, 0.5) is 0 Å². The molecule has 1 aliphatic rings. The third-order valence-corrected chi connectivity index (χ3v) is 5.26. The van der Waals surface area contributed by atoms with Crippen LogP contribution < -0.4 is 10.4 Å². The van der Waals surface area contributed by atoms with Gasteiger partial charge in [-0.05, 0) is 25.0 Å². The molecule has 0 unspecified atom stereocenters. The molecule has 0 radical (unpaired) electrons. The summed E-state index contributed by atoms with van der Waals surface area (Å²) in [5.41, 5.74) is -0.288. The summed E-state index contributed by atoms with van der Waals surface area (Å²) in [5.74, 6) is 1.69. The van der Waals surface area contributed by atoms with Crippen molar-refractivity contribution in [3.05, 3.63) is 52.0 Å². The Hall–Kier alpha value is -3.16. The first-order chi connectivity index (χ1) is 14.0. The van der Waals surface area contributed by atoms with Crippen molar-refractivity contribution in [2.24, 2.45) is 0 Å². The Morgan fingerprint density at radius 1 is 1.21 bits per heavy atom. The van der Waals surface area contributed by atoms with E-state index in [9.17, 15) is 9.59 Å². The van der Waals surface area contributed by atoms with E-state index in [1.54, 1.807) is 29.2 Å². The van der Waals surface area contributed by atoms with E-state index in [1.165, 1.54) is 7.11 Å². The van der Waals surface area contributed by atoms with Crippen LogP contribution in [0, 0.1) is 0 Å². The third kappa shape index (κ3) is 3.62. The molecule has 0 saturated carbocycles. The van der Waals surface area contributed by atoms with Crippen LogP contribution in [0.25, 0.3) is 11.0 Å². The van der Waals surface area contributed by atoms with Crippen LogP contribution in [-0.4, -0.2) is 41.2 Å². The highest BCUT2D eigenvalue weighted by molar-refractivity contribution is 5.97. The summed E-state index contributed by atoms with van der Waals surface area (Å²) in [7, 11) is 1.51. The first-order valence-electron chi connectivity index (χ1n) is 9.71. The van der Waals surface area contributed by atoms with Gasteiger partial charge in [-0.1, -0.05) is 26.0 Å². The number of carbonyl (C=O) groups is 1. The van der Waals surface area contributed by atoms with E-state index < -0.39 is 5.63 Å². The predicted molar refractivity (Wildman–Crippen MR) is 105 cm³/mol. The van der Waals surface area contributed by atoms with Crippen molar-refractivity contribution >= 4 is 16.9 Å². The second-order valence-corrected chi connectivity index (χ2v) is 7.53. The van der Waals surface area contributed by atoms with Crippen molar-refractivity contribution in [1.29, 1.82) is 0 Å². The lowest BCUT2D eigenvalue weighted by atomic mass is 9.96. The second kappa shape index (κ2) is 7.69. The van der Waals surface area contributed by atoms with Gasteiger partial charge in [-0.25, -0.2) is 4.79 Å². The number of amides is 1. The van der Waals surface area contributed by atoms with Crippen LogP contribution in [0.1, 0.15) is 60.7 Å². The minimum atomic E-state index is -0.660. The highest BCUT2D eigenvalue weighted by Crippen LogP contribution is 2.29. The molecule has 3 aromatic rings. The Morgan fingerprint density at radius 2 is 1.97 bits per heavy atom. The molecule has 3 heterocycles. The average Bonchev–Trinajstić information content (AvgIpc) is 3.23. The fourth-order valence-electron chi connectivity index (χ4n) is 3.57. The monoisotopic (exact) mass is 397 g/mol. The molecule has 0 atom stereocenters. The van der Waals surface area contributed by atoms with Gasteiger partial charge in [0, 0.05) is 30.3 Å². The molecule has 0 bridgehead atoms. The first-order valence-corrected chi connectivity index (χ1v) is 9.71. The summed E-state index contributed by atoms with van der Waals surface area (Å²) < 4.78 is 16.4. The molecule has 0 spiro atoms. The summed E-state index contributed by atoms with van der Waals surface area (Å²) in [6, 6.07) is 6.85. The number of aromatic nitrogens is 2. The summed E-state index contributed by atoms with van der Waals surface area (Å²) in [6.45, 7) is 5.03. The Morgan fingerprint density at radius 3 is 2.62 bits per heavy atom. The van der Waals surface area contributed by atoms with E-state index in [2.05, 4.69) is 10.2 Å². The maximum absolute atomic E-state index is 12.9. The Balaban J connectivity index is 1.51. The molecule has 0 aliphatic carbocycles. The van der Waals surface area contributed by atoms with E-state index in [0.29, 0.717) is 54.4 Å². The lowest BCUT2D eigenvalue weighted by Crippen LogP contribution is -2.39. The standard InChI is InChI=1S/C21H23N3O5/c1-12(2)18-22-23-19(29-18)13-7-9-24(10-8-13)20(25)15-11-14-5-4-6-16(27-3)17(14)28-21(15)26/h4-6,11-13H,7-10H2,1-3H3. The minimum Gasteiger partial charge on any atom is -0.493 e. The van der Waals surface area contributed by atoms with E-state index >= 15 is 0 Å². The molecule has 1 amide bonds. The Kier molecular flexibility index (Phi) is 5.08. The minimum absolute atomic E-state index is 0.0316. The van der Waals surface area contributed by atoms with Crippen molar-refractivity contribution in [2.75, 3.05) is 20.2 Å². The topological polar surface area (TPSA) is 98.7 Å². The predicted octanol–water partition coefficient (Wildman–Crippen LogP) is 3.33. The van der Waals surface area contributed by atoms with Gasteiger partial charge in [0.05, 0.1) is 7.11 Å². The summed E-state index contributed by atoms with van der Waals surface area (Å²) in [5, 5.41) is 8.89. The molecule has 29 heavy (non-hydrogen) atoms. The summed E-state index contributed by atoms with van der Waals surface area (Å²) in [4.78, 5) is 27.0. The highest BCUT2D eigenvalue weighted by atomic mass is 16.5. The zero-order chi connectivity index (χ0) is 20.5. The number of nitrogens with zero attached hydrogens (tertiary/aromatic N) is 3. The fraction of sp³-hybridized carbons (Fsp3) is 0.429. The van der Waals surface area contributed by atoms with Crippen LogP contribution in [0.5, 0.6) is 5.75 Å². The zero-order valence-corrected chi connectivity index (χ0v) is 16.7. The van der Waals surface area contributed by atoms with Crippen molar-refractivity contribution in [3.63, 3.8) is 0 Å². The SMILES string of the molecule is COc1cccc2cc(C(=O)N3CCC(c4nnc(C(C)C)o4)CC3)c(=O)oc12. The number of rotatable bonds is 4. The largest absolute Gasteiger partial charge is 0.493 e. The summed E-state index contributed by atoms with van der Waals surface area (Å²) >= 11 is 0. The van der Waals surface area contributed by atoms with Crippen molar-refractivity contribution in [2.45, 2.75) is 38.5 Å². The second-order valence-electron chi connectivity index (χ2n) is 7.53. The van der Waals surface area contributed by atoms with Crippen molar-refractivity contribution in [3.8, 4) is 5.75 Å². The molecular weight excluding hydrogens is 374 g/mol. The van der Waals surface area contributed by atoms with Gasteiger partial charge in [-0.15, -0.1) is 10.2 Å². The molecule has 1 saturated heterocycles.